The van der Waals surface area contributed by atoms with Crippen LogP contribution in [0.25, 0.3) is 0 Å². The van der Waals surface area contributed by atoms with Crippen LogP contribution in [0, 0.1) is 5.92 Å². The number of Topliss-reactive ketones (excluding diaryl/α,β-unsaturated/α-hetero) is 1. The summed E-state index contributed by atoms with van der Waals surface area (Å²) in [5.41, 5.74) is -0.421. The monoisotopic (exact) mass is 379 g/mol. The summed E-state index contributed by atoms with van der Waals surface area (Å²) >= 11 is 0. The van der Waals surface area contributed by atoms with E-state index in [1.54, 1.807) is 35.2 Å². The Morgan fingerprint density at radius 3 is 2.61 bits per heavy atom. The number of pyridine rings is 1. The van der Waals surface area contributed by atoms with Crippen LogP contribution in [-0.2, 0) is 10.4 Å². The Balaban J connectivity index is 1.60. The molecule has 4 rings (SSSR count). The number of ketones is 1. The van der Waals surface area contributed by atoms with Crippen LogP contribution in [-0.4, -0.2) is 46.4 Å². The quantitative estimate of drug-likeness (QED) is 0.809. The van der Waals surface area contributed by atoms with Crippen LogP contribution in [0.2, 0.25) is 0 Å². The van der Waals surface area contributed by atoms with E-state index in [0.29, 0.717) is 23.8 Å². The van der Waals surface area contributed by atoms with E-state index < -0.39 is 11.5 Å². The summed E-state index contributed by atoms with van der Waals surface area (Å²) in [5, 5.41) is 11.3. The number of anilines is 1. The molecule has 28 heavy (non-hydrogen) atoms. The summed E-state index contributed by atoms with van der Waals surface area (Å²) in [6.45, 7) is 4.54. The molecule has 3 heterocycles. The fourth-order valence-electron chi connectivity index (χ4n) is 4.07. The van der Waals surface area contributed by atoms with Crippen LogP contribution < -0.4 is 4.90 Å². The van der Waals surface area contributed by atoms with Crippen molar-refractivity contribution in [2.24, 2.45) is 5.92 Å². The van der Waals surface area contributed by atoms with Gasteiger partial charge >= 0.3 is 0 Å². The van der Waals surface area contributed by atoms with Crippen molar-refractivity contribution in [3.05, 3.63) is 59.9 Å². The molecule has 1 N–H and O–H groups in total. The molecule has 2 aliphatic heterocycles. The lowest BCUT2D eigenvalue weighted by Gasteiger charge is -2.34. The number of carbonyl (C=O) groups excluding carboxylic acids is 2. The molecule has 1 aromatic heterocycles. The average molecular weight is 379 g/mol. The summed E-state index contributed by atoms with van der Waals surface area (Å²) in [6, 6.07) is 12.3. The van der Waals surface area contributed by atoms with E-state index in [1.807, 2.05) is 12.1 Å². The van der Waals surface area contributed by atoms with Gasteiger partial charge in [-0.05, 0) is 37.0 Å². The zero-order valence-electron chi connectivity index (χ0n) is 16.0. The third-order valence-corrected chi connectivity index (χ3v) is 5.82. The molecule has 146 valence electrons. The summed E-state index contributed by atoms with van der Waals surface area (Å²) in [6.07, 6.45) is 3.43. The molecule has 0 radical (unpaired) electrons. The molecular formula is C22H25N3O3. The highest BCUT2D eigenvalue weighted by molar-refractivity contribution is 6.10. The van der Waals surface area contributed by atoms with E-state index in [4.69, 9.17) is 0 Å². The van der Waals surface area contributed by atoms with Crippen molar-refractivity contribution >= 4 is 17.4 Å². The summed E-state index contributed by atoms with van der Waals surface area (Å²) in [5.74, 6) is -0.0813. The van der Waals surface area contributed by atoms with Crippen LogP contribution in [0.4, 0.5) is 5.69 Å². The number of piperidine rings is 1. The third-order valence-electron chi connectivity index (χ3n) is 5.82. The molecular weight excluding hydrogens is 354 g/mol. The van der Waals surface area contributed by atoms with Crippen molar-refractivity contribution in [3.63, 3.8) is 0 Å². The predicted molar refractivity (Wildman–Crippen MR) is 106 cm³/mol. The molecule has 2 aromatic rings. The van der Waals surface area contributed by atoms with Crippen molar-refractivity contribution < 1.29 is 14.7 Å². The summed E-state index contributed by atoms with van der Waals surface area (Å²) in [4.78, 5) is 33.9. The maximum Gasteiger partial charge on any atom is 0.265 e. The third kappa shape index (κ3) is 3.34. The minimum Gasteiger partial charge on any atom is -0.375 e. The number of fused-ring (bicyclic) bond motifs is 1. The first kappa shape index (κ1) is 18.8. The van der Waals surface area contributed by atoms with Gasteiger partial charge in [-0.2, -0.15) is 0 Å². The van der Waals surface area contributed by atoms with Gasteiger partial charge in [-0.25, -0.2) is 0 Å². The Bertz CT molecular complexity index is 878. The molecule has 1 fully saturated rings. The Kier molecular flexibility index (Phi) is 5.00. The molecule has 0 aliphatic carbocycles. The van der Waals surface area contributed by atoms with E-state index in [0.717, 1.165) is 25.9 Å². The van der Waals surface area contributed by atoms with Crippen LogP contribution in [0.1, 0.15) is 42.2 Å². The van der Waals surface area contributed by atoms with Gasteiger partial charge in [0.15, 0.2) is 11.4 Å². The van der Waals surface area contributed by atoms with Gasteiger partial charge in [0.25, 0.3) is 5.91 Å². The van der Waals surface area contributed by atoms with Crippen LogP contribution in [0.15, 0.2) is 48.7 Å². The number of benzene rings is 1. The maximum atomic E-state index is 13.3. The van der Waals surface area contributed by atoms with Gasteiger partial charge in [0, 0.05) is 24.8 Å². The molecule has 1 unspecified atom stereocenters. The molecule has 1 atom stereocenters. The zero-order chi connectivity index (χ0) is 19.7. The SMILES string of the molecule is CC1CCN(CN2C(=O)C(O)(CC(=O)c3ccccn3)c3ccccc32)CC1. The summed E-state index contributed by atoms with van der Waals surface area (Å²) in [7, 11) is 0. The molecule has 2 aliphatic rings. The standard InChI is InChI=1S/C22H25N3O3/c1-16-9-12-24(13-10-16)15-25-19-8-3-2-6-17(19)22(28,21(25)27)14-20(26)18-7-4-5-11-23-18/h2-8,11,16,28H,9-10,12-15H2,1H3. The Hall–Kier alpha value is -2.57. The molecule has 0 bridgehead atoms. The number of para-hydroxylation sites is 1. The second-order valence-corrected chi connectivity index (χ2v) is 7.87. The molecule has 1 aromatic carbocycles. The lowest BCUT2D eigenvalue weighted by Crippen LogP contribution is -2.48. The van der Waals surface area contributed by atoms with Crippen LogP contribution >= 0.6 is 0 Å². The first-order chi connectivity index (χ1) is 13.5. The normalized spacial score (nSPS) is 23.1. The first-order valence-corrected chi connectivity index (χ1v) is 9.79. The van der Waals surface area contributed by atoms with E-state index in [2.05, 4.69) is 16.8 Å². The van der Waals surface area contributed by atoms with Crippen LogP contribution in [0.3, 0.4) is 0 Å². The molecule has 6 heteroatoms. The minimum atomic E-state index is -1.85. The lowest BCUT2D eigenvalue weighted by molar-refractivity contribution is -0.136. The van der Waals surface area contributed by atoms with Crippen molar-refractivity contribution in [1.29, 1.82) is 0 Å². The lowest BCUT2D eigenvalue weighted by atomic mass is 9.89. The number of amides is 1. The van der Waals surface area contributed by atoms with E-state index in [-0.39, 0.29) is 17.9 Å². The number of aromatic nitrogens is 1. The van der Waals surface area contributed by atoms with Crippen molar-refractivity contribution in [2.75, 3.05) is 24.7 Å². The minimum absolute atomic E-state index is 0.254. The number of likely N-dealkylation sites (tertiary alicyclic amines) is 1. The molecule has 0 spiro atoms. The largest absolute Gasteiger partial charge is 0.375 e. The van der Waals surface area contributed by atoms with E-state index in [9.17, 15) is 14.7 Å². The van der Waals surface area contributed by atoms with Crippen molar-refractivity contribution in [3.8, 4) is 0 Å². The predicted octanol–water partition coefficient (Wildman–Crippen LogP) is 2.58. The fraction of sp³-hybridized carbons (Fsp3) is 0.409. The molecule has 1 saturated heterocycles. The number of carbonyl (C=O) groups is 2. The first-order valence-electron chi connectivity index (χ1n) is 9.79. The number of rotatable bonds is 5. The molecule has 1 amide bonds. The highest BCUT2D eigenvalue weighted by atomic mass is 16.3. The highest BCUT2D eigenvalue weighted by Gasteiger charge is 2.51. The van der Waals surface area contributed by atoms with Gasteiger partial charge in [-0.1, -0.05) is 31.2 Å². The maximum absolute atomic E-state index is 13.3. The average Bonchev–Trinajstić information content (AvgIpc) is 2.92. The van der Waals surface area contributed by atoms with Crippen molar-refractivity contribution in [1.82, 2.24) is 9.88 Å². The molecule has 6 nitrogen and oxygen atoms in total. The number of hydrogen-bond donors (Lipinski definition) is 1. The second-order valence-electron chi connectivity index (χ2n) is 7.87. The van der Waals surface area contributed by atoms with E-state index in [1.165, 1.54) is 6.20 Å². The topological polar surface area (TPSA) is 73.7 Å². The Morgan fingerprint density at radius 1 is 1.18 bits per heavy atom. The fourth-order valence-corrected chi connectivity index (χ4v) is 4.07. The van der Waals surface area contributed by atoms with Gasteiger partial charge in [-0.15, -0.1) is 0 Å². The Labute approximate surface area is 164 Å². The zero-order valence-corrected chi connectivity index (χ0v) is 16.0. The summed E-state index contributed by atoms with van der Waals surface area (Å²) < 4.78 is 0. The van der Waals surface area contributed by atoms with Gasteiger partial charge in [0.2, 0.25) is 0 Å². The van der Waals surface area contributed by atoms with Crippen molar-refractivity contribution in [2.45, 2.75) is 31.8 Å². The number of hydrogen-bond acceptors (Lipinski definition) is 5. The van der Waals surface area contributed by atoms with Gasteiger partial charge in [-0.3, -0.25) is 24.4 Å². The molecule has 0 saturated carbocycles. The smallest absolute Gasteiger partial charge is 0.265 e. The highest BCUT2D eigenvalue weighted by Crippen LogP contribution is 2.43. The Morgan fingerprint density at radius 2 is 1.89 bits per heavy atom. The second kappa shape index (κ2) is 7.45. The van der Waals surface area contributed by atoms with Gasteiger partial charge in [0.05, 0.1) is 18.8 Å². The van der Waals surface area contributed by atoms with Gasteiger partial charge in [0.1, 0.15) is 5.69 Å². The van der Waals surface area contributed by atoms with Crippen LogP contribution in [0.5, 0.6) is 0 Å². The number of nitrogens with zero attached hydrogens (tertiary/aromatic N) is 3. The van der Waals surface area contributed by atoms with Gasteiger partial charge < -0.3 is 5.11 Å². The van der Waals surface area contributed by atoms with E-state index >= 15 is 0 Å². The number of aliphatic hydroxyl groups is 1.